The molecule has 3 aliphatic carbocycles. The van der Waals surface area contributed by atoms with E-state index in [0.29, 0.717) is 13.0 Å². The lowest BCUT2D eigenvalue weighted by Crippen LogP contribution is -2.43. The summed E-state index contributed by atoms with van der Waals surface area (Å²) in [6.07, 6.45) is 4.46. The van der Waals surface area contributed by atoms with E-state index in [1.807, 2.05) is 24.3 Å². The maximum atomic E-state index is 12.3. The molecule has 0 amide bonds. The summed E-state index contributed by atoms with van der Waals surface area (Å²) >= 11 is 0. The van der Waals surface area contributed by atoms with Crippen molar-refractivity contribution >= 4 is 11.8 Å². The number of fused-ring (bicyclic) bond motifs is 2. The van der Waals surface area contributed by atoms with Crippen molar-refractivity contribution in [2.24, 2.45) is 16.7 Å². The van der Waals surface area contributed by atoms with Gasteiger partial charge in [0.25, 0.3) is 0 Å². The van der Waals surface area contributed by atoms with Crippen molar-refractivity contribution in [3.8, 4) is 0 Å². The first kappa shape index (κ1) is 19.1. The fraction of sp³-hybridized carbons (Fsp3) is 0.500. The maximum Gasteiger partial charge on any atom is 0.303 e. The fourth-order valence-electron chi connectivity index (χ4n) is 5.33. The van der Waals surface area contributed by atoms with Gasteiger partial charge in [-0.15, -0.1) is 0 Å². The zero-order valence-electron chi connectivity index (χ0n) is 17.0. The van der Waals surface area contributed by atoms with Crippen LogP contribution >= 0.6 is 0 Å². The number of rotatable bonds is 4. The second-order valence-corrected chi connectivity index (χ2v) is 9.23. The molecule has 1 aromatic carbocycles. The van der Waals surface area contributed by atoms with E-state index in [0.717, 1.165) is 17.6 Å². The van der Waals surface area contributed by atoms with Crippen LogP contribution in [0, 0.1) is 16.7 Å². The minimum absolute atomic E-state index is 0.0203. The van der Waals surface area contributed by atoms with Crippen LogP contribution in [0.5, 0.6) is 0 Å². The van der Waals surface area contributed by atoms with Gasteiger partial charge in [-0.05, 0) is 34.6 Å². The number of ether oxygens (including phenoxy) is 2. The Morgan fingerprint density at radius 3 is 2.54 bits per heavy atom. The van der Waals surface area contributed by atoms with Gasteiger partial charge in [-0.3, -0.25) is 9.59 Å². The monoisotopic (exact) mass is 380 g/mol. The molecule has 0 spiro atoms. The summed E-state index contributed by atoms with van der Waals surface area (Å²) in [6.45, 7) is 8.48. The van der Waals surface area contributed by atoms with E-state index < -0.39 is 0 Å². The first-order valence-electron chi connectivity index (χ1n) is 10.00. The first-order chi connectivity index (χ1) is 13.2. The van der Waals surface area contributed by atoms with Crippen LogP contribution in [-0.4, -0.2) is 24.0 Å². The summed E-state index contributed by atoms with van der Waals surface area (Å²) in [6, 6.07) is 10.1. The molecule has 3 aliphatic rings. The van der Waals surface area contributed by atoms with Crippen molar-refractivity contribution in [3.63, 3.8) is 0 Å². The van der Waals surface area contributed by atoms with Crippen LogP contribution in [-0.2, 0) is 25.7 Å². The SMILES string of the molecule is CC(=O)O[C@H]1C2=C([C@@H](OCc3ccccc3)C(C)(C)C2)[C@H]2CC(=O)C=C[C@]21C. The lowest BCUT2D eigenvalue weighted by molar-refractivity contribution is -0.149. The Kier molecular flexibility index (Phi) is 4.58. The molecule has 4 atom stereocenters. The number of hydrogen-bond donors (Lipinski definition) is 0. The van der Waals surface area contributed by atoms with E-state index in [1.54, 1.807) is 6.08 Å². The largest absolute Gasteiger partial charge is 0.457 e. The third kappa shape index (κ3) is 3.04. The van der Waals surface area contributed by atoms with Crippen LogP contribution in [0.1, 0.15) is 46.1 Å². The molecule has 0 saturated heterocycles. The first-order valence-corrected chi connectivity index (χ1v) is 10.00. The predicted octanol–water partition coefficient (Wildman–Crippen LogP) is 4.40. The van der Waals surface area contributed by atoms with Crippen molar-refractivity contribution in [2.45, 2.75) is 59.4 Å². The molecule has 0 N–H and O–H groups in total. The minimum Gasteiger partial charge on any atom is -0.457 e. The molecule has 28 heavy (non-hydrogen) atoms. The van der Waals surface area contributed by atoms with Crippen molar-refractivity contribution in [3.05, 3.63) is 59.2 Å². The van der Waals surface area contributed by atoms with Gasteiger partial charge >= 0.3 is 5.97 Å². The zero-order valence-corrected chi connectivity index (χ0v) is 17.0. The number of carbonyl (C=O) groups excluding carboxylic acids is 2. The summed E-state index contributed by atoms with van der Waals surface area (Å²) < 4.78 is 12.3. The van der Waals surface area contributed by atoms with E-state index in [1.165, 1.54) is 12.5 Å². The molecule has 0 unspecified atom stereocenters. The number of esters is 1. The standard InChI is InChI=1S/C24H28O4/c1-15(25)28-21-18-13-23(2,3)22(27-14-16-8-6-5-7-9-16)20(18)19-12-17(26)10-11-24(19,21)4/h5-11,19,21-22H,12-14H2,1-4H3/t19-,21+,22-,24-/m1/s1. The van der Waals surface area contributed by atoms with Gasteiger partial charge < -0.3 is 9.47 Å². The highest BCUT2D eigenvalue weighted by Crippen LogP contribution is 2.61. The van der Waals surface area contributed by atoms with Crippen LogP contribution in [0.3, 0.4) is 0 Å². The van der Waals surface area contributed by atoms with E-state index in [9.17, 15) is 9.59 Å². The summed E-state index contributed by atoms with van der Waals surface area (Å²) in [5.41, 5.74) is 2.99. The average molecular weight is 380 g/mol. The molecule has 0 saturated carbocycles. The molecule has 0 radical (unpaired) electrons. The minimum atomic E-state index is -0.380. The summed E-state index contributed by atoms with van der Waals surface area (Å²) in [5.74, 6) is -0.133. The van der Waals surface area contributed by atoms with Gasteiger partial charge in [-0.2, -0.15) is 0 Å². The molecule has 4 rings (SSSR count). The number of carbonyl (C=O) groups is 2. The van der Waals surface area contributed by atoms with Crippen LogP contribution in [0.25, 0.3) is 0 Å². The maximum absolute atomic E-state index is 12.3. The van der Waals surface area contributed by atoms with Gasteiger partial charge in [-0.1, -0.05) is 57.2 Å². The van der Waals surface area contributed by atoms with E-state index in [4.69, 9.17) is 9.47 Å². The quantitative estimate of drug-likeness (QED) is 0.574. The molecule has 0 heterocycles. The molecule has 0 aliphatic heterocycles. The smallest absolute Gasteiger partial charge is 0.303 e. The Morgan fingerprint density at radius 2 is 1.86 bits per heavy atom. The Labute approximate surface area is 166 Å². The molecule has 4 nitrogen and oxygen atoms in total. The van der Waals surface area contributed by atoms with Crippen molar-refractivity contribution < 1.29 is 19.1 Å². The van der Waals surface area contributed by atoms with Gasteiger partial charge in [0.15, 0.2) is 5.78 Å². The molecule has 148 valence electrons. The van der Waals surface area contributed by atoms with Crippen molar-refractivity contribution in [1.29, 1.82) is 0 Å². The topological polar surface area (TPSA) is 52.6 Å². The number of allylic oxidation sites excluding steroid dienone is 1. The molecular weight excluding hydrogens is 352 g/mol. The third-order valence-corrected chi connectivity index (χ3v) is 6.59. The van der Waals surface area contributed by atoms with Gasteiger partial charge in [0.2, 0.25) is 0 Å². The van der Waals surface area contributed by atoms with E-state index in [-0.39, 0.29) is 40.7 Å². The van der Waals surface area contributed by atoms with E-state index >= 15 is 0 Å². The third-order valence-electron chi connectivity index (χ3n) is 6.59. The second-order valence-electron chi connectivity index (χ2n) is 9.23. The zero-order chi connectivity index (χ0) is 20.1. The molecule has 4 heteroatoms. The summed E-state index contributed by atoms with van der Waals surface area (Å²) in [7, 11) is 0. The molecule has 1 aromatic rings. The molecular formula is C24H28O4. The predicted molar refractivity (Wildman–Crippen MR) is 106 cm³/mol. The van der Waals surface area contributed by atoms with Crippen molar-refractivity contribution in [2.75, 3.05) is 0 Å². The Hall–Kier alpha value is -2.20. The Bertz CT molecular complexity index is 864. The number of ketones is 1. The van der Waals surface area contributed by atoms with Gasteiger partial charge in [0, 0.05) is 24.7 Å². The highest BCUT2D eigenvalue weighted by atomic mass is 16.5. The fourth-order valence-corrected chi connectivity index (χ4v) is 5.33. The molecule has 0 fully saturated rings. The van der Waals surface area contributed by atoms with Crippen LogP contribution in [0.2, 0.25) is 0 Å². The molecule has 0 aromatic heterocycles. The highest BCUT2D eigenvalue weighted by molar-refractivity contribution is 5.92. The lowest BCUT2D eigenvalue weighted by Gasteiger charge is -2.42. The van der Waals surface area contributed by atoms with Gasteiger partial charge in [0.05, 0.1) is 12.7 Å². The summed E-state index contributed by atoms with van der Waals surface area (Å²) in [5, 5.41) is 0. The lowest BCUT2D eigenvalue weighted by atomic mass is 9.66. The Balaban J connectivity index is 1.70. The molecule has 0 bridgehead atoms. The van der Waals surface area contributed by atoms with Crippen LogP contribution < -0.4 is 0 Å². The summed E-state index contributed by atoms with van der Waals surface area (Å²) in [4.78, 5) is 24.1. The second kappa shape index (κ2) is 6.70. The van der Waals surface area contributed by atoms with E-state index in [2.05, 4.69) is 32.9 Å². The number of hydrogen-bond acceptors (Lipinski definition) is 4. The van der Waals surface area contributed by atoms with Gasteiger partial charge in [0.1, 0.15) is 6.10 Å². The number of benzene rings is 1. The average Bonchev–Trinajstić information content (AvgIpc) is 3.01. The highest BCUT2D eigenvalue weighted by Gasteiger charge is 2.60. The van der Waals surface area contributed by atoms with Crippen molar-refractivity contribution in [1.82, 2.24) is 0 Å². The van der Waals surface area contributed by atoms with Crippen LogP contribution in [0.15, 0.2) is 53.6 Å². The van der Waals surface area contributed by atoms with Gasteiger partial charge in [-0.25, -0.2) is 0 Å². The Morgan fingerprint density at radius 1 is 1.14 bits per heavy atom. The van der Waals surface area contributed by atoms with Crippen LogP contribution in [0.4, 0.5) is 0 Å². The normalized spacial score (nSPS) is 33.0.